The van der Waals surface area contributed by atoms with Crippen LogP contribution in [0.4, 0.5) is 5.69 Å². The van der Waals surface area contributed by atoms with Crippen LogP contribution in [-0.2, 0) is 9.53 Å². The Labute approximate surface area is 197 Å². The molecule has 172 valence electrons. The summed E-state index contributed by atoms with van der Waals surface area (Å²) in [5.74, 6) is -0.580. The fourth-order valence-electron chi connectivity index (χ4n) is 3.08. The third-order valence-electron chi connectivity index (χ3n) is 4.71. The Bertz CT molecular complexity index is 1320. The Balaban J connectivity index is 2.17. The van der Waals surface area contributed by atoms with Gasteiger partial charge in [-0.3, -0.25) is 14.9 Å². The maximum absolute atomic E-state index is 13.2. The number of halogens is 1. The molecule has 0 aliphatic heterocycles. The van der Waals surface area contributed by atoms with E-state index in [9.17, 15) is 19.7 Å². The van der Waals surface area contributed by atoms with Gasteiger partial charge in [-0.2, -0.15) is 9.78 Å². The third-order valence-corrected chi connectivity index (χ3v) is 5.20. The first kappa shape index (κ1) is 24.1. The number of methoxy groups -OCH3 is 1. The number of aromatic nitrogens is 2. The number of nitro groups is 1. The molecule has 0 saturated heterocycles. The number of carbonyl (C=O) groups is 1. The molecule has 0 bridgehead atoms. The summed E-state index contributed by atoms with van der Waals surface area (Å²) in [6, 6.07) is 9.42. The zero-order chi connectivity index (χ0) is 24.3. The highest BCUT2D eigenvalue weighted by molar-refractivity contribution is 9.10. The first-order valence-electron chi connectivity index (χ1n) is 9.92. The summed E-state index contributed by atoms with van der Waals surface area (Å²) in [4.78, 5) is 40.5. The van der Waals surface area contributed by atoms with Crippen molar-refractivity contribution in [2.24, 2.45) is 5.10 Å². The summed E-state index contributed by atoms with van der Waals surface area (Å²) < 4.78 is 12.1. The zero-order valence-corrected chi connectivity index (χ0v) is 19.9. The van der Waals surface area contributed by atoms with Crippen molar-refractivity contribution in [2.45, 2.75) is 32.8 Å². The van der Waals surface area contributed by atoms with Crippen molar-refractivity contribution >= 4 is 44.7 Å². The van der Waals surface area contributed by atoms with E-state index in [1.165, 1.54) is 38.4 Å². The molecule has 0 saturated carbocycles. The van der Waals surface area contributed by atoms with Crippen molar-refractivity contribution in [3.8, 4) is 5.75 Å². The van der Waals surface area contributed by atoms with E-state index in [1.807, 2.05) is 13.8 Å². The second-order valence-electron chi connectivity index (χ2n) is 7.38. The molecule has 0 radical (unpaired) electrons. The lowest BCUT2D eigenvalue weighted by Gasteiger charge is -2.15. The second-order valence-corrected chi connectivity index (χ2v) is 8.30. The van der Waals surface area contributed by atoms with Gasteiger partial charge in [0.15, 0.2) is 6.10 Å². The molecule has 0 amide bonds. The van der Waals surface area contributed by atoms with Crippen LogP contribution in [-0.4, -0.2) is 40.0 Å². The Morgan fingerprint density at radius 2 is 2.00 bits per heavy atom. The van der Waals surface area contributed by atoms with E-state index >= 15 is 0 Å². The molecule has 33 heavy (non-hydrogen) atoms. The molecule has 0 spiro atoms. The number of nitro benzene ring substituents is 1. The molecular formula is C22H21BrN4O6. The van der Waals surface area contributed by atoms with Gasteiger partial charge in [0.1, 0.15) is 5.82 Å². The number of fused-ring (bicyclic) bond motifs is 1. The molecule has 0 aliphatic carbocycles. The molecular weight excluding hydrogens is 496 g/mol. The number of esters is 1. The van der Waals surface area contributed by atoms with Crippen molar-refractivity contribution in [2.75, 3.05) is 7.11 Å². The molecule has 1 heterocycles. The van der Waals surface area contributed by atoms with Crippen LogP contribution in [0.5, 0.6) is 5.75 Å². The lowest BCUT2D eigenvalue weighted by atomic mass is 10.1. The highest BCUT2D eigenvalue weighted by Crippen LogP contribution is 2.31. The number of hydrogen-bond donors (Lipinski definition) is 0. The Morgan fingerprint density at radius 3 is 2.64 bits per heavy atom. The van der Waals surface area contributed by atoms with E-state index in [4.69, 9.17) is 4.74 Å². The topological polar surface area (TPSA) is 126 Å². The summed E-state index contributed by atoms with van der Waals surface area (Å²) in [7, 11) is 1.19. The molecule has 10 nitrogen and oxygen atoms in total. The second kappa shape index (κ2) is 9.90. The third kappa shape index (κ3) is 5.08. The molecule has 2 aromatic carbocycles. The minimum absolute atomic E-state index is 0.136. The average Bonchev–Trinajstić information content (AvgIpc) is 2.78. The smallest absolute Gasteiger partial charge is 0.346 e. The van der Waals surface area contributed by atoms with Gasteiger partial charge >= 0.3 is 11.7 Å². The van der Waals surface area contributed by atoms with Gasteiger partial charge in [-0.25, -0.2) is 9.78 Å². The average molecular weight is 517 g/mol. The summed E-state index contributed by atoms with van der Waals surface area (Å²) in [6.45, 7) is 5.16. The van der Waals surface area contributed by atoms with Crippen molar-refractivity contribution in [3.05, 3.63) is 72.7 Å². The summed E-state index contributed by atoms with van der Waals surface area (Å²) in [6.07, 6.45) is 0.169. The number of nitrogens with zero attached hydrogens (tertiary/aromatic N) is 4. The Morgan fingerprint density at radius 1 is 1.27 bits per heavy atom. The van der Waals surface area contributed by atoms with E-state index in [-0.39, 0.29) is 22.9 Å². The molecule has 0 fully saturated rings. The minimum atomic E-state index is -1.10. The maximum Gasteiger partial charge on any atom is 0.346 e. The number of para-hydroxylation sites is 1. The van der Waals surface area contributed by atoms with E-state index in [0.717, 1.165) is 4.68 Å². The largest absolute Gasteiger partial charge is 0.471 e. The van der Waals surface area contributed by atoms with Crippen molar-refractivity contribution in [1.82, 2.24) is 9.66 Å². The van der Waals surface area contributed by atoms with E-state index in [0.29, 0.717) is 21.2 Å². The SMILES string of the molecule is COC(=O)[C@H](C)Oc1c(C=Nn2c(C(C)C)nc3ccc(Br)cc3c2=O)cccc1[N+](=O)[O-]. The van der Waals surface area contributed by atoms with Crippen molar-refractivity contribution < 1.29 is 19.2 Å². The first-order valence-corrected chi connectivity index (χ1v) is 10.7. The Kier molecular flexibility index (Phi) is 7.22. The zero-order valence-electron chi connectivity index (χ0n) is 18.3. The standard InChI is InChI=1S/C22H21BrN4O6/c1-12(2)20-25-17-9-8-15(23)10-16(17)21(28)26(20)24-11-14-6-5-7-18(27(30)31)19(14)33-13(3)22(29)32-4/h5-13H,1-4H3/t13-/m0/s1. The van der Waals surface area contributed by atoms with Gasteiger partial charge in [0, 0.05) is 22.0 Å². The van der Waals surface area contributed by atoms with Gasteiger partial charge in [0.05, 0.1) is 29.2 Å². The highest BCUT2D eigenvalue weighted by Gasteiger charge is 2.24. The van der Waals surface area contributed by atoms with E-state index < -0.39 is 22.6 Å². The van der Waals surface area contributed by atoms with Crippen LogP contribution in [0.2, 0.25) is 0 Å². The van der Waals surface area contributed by atoms with Crippen LogP contribution in [0.15, 0.2) is 50.8 Å². The van der Waals surface area contributed by atoms with E-state index in [1.54, 1.807) is 18.2 Å². The maximum atomic E-state index is 13.2. The lowest BCUT2D eigenvalue weighted by molar-refractivity contribution is -0.386. The fourth-order valence-corrected chi connectivity index (χ4v) is 3.44. The van der Waals surface area contributed by atoms with Gasteiger partial charge in [-0.1, -0.05) is 35.8 Å². The fraction of sp³-hybridized carbons (Fsp3) is 0.273. The van der Waals surface area contributed by atoms with Crippen molar-refractivity contribution in [3.63, 3.8) is 0 Å². The molecule has 1 aromatic heterocycles. The van der Waals surface area contributed by atoms with Gasteiger partial charge < -0.3 is 9.47 Å². The molecule has 1 atom stereocenters. The monoisotopic (exact) mass is 516 g/mol. The number of benzene rings is 2. The van der Waals surface area contributed by atoms with E-state index in [2.05, 4.69) is 30.8 Å². The van der Waals surface area contributed by atoms with Gasteiger partial charge in [-0.15, -0.1) is 0 Å². The summed E-state index contributed by atoms with van der Waals surface area (Å²) >= 11 is 3.35. The molecule has 11 heteroatoms. The predicted molar refractivity (Wildman–Crippen MR) is 126 cm³/mol. The van der Waals surface area contributed by atoms with Crippen LogP contribution >= 0.6 is 15.9 Å². The van der Waals surface area contributed by atoms with Crippen LogP contribution in [0.3, 0.4) is 0 Å². The molecule has 0 unspecified atom stereocenters. The Hall–Kier alpha value is -3.60. The lowest BCUT2D eigenvalue weighted by Crippen LogP contribution is -2.26. The van der Waals surface area contributed by atoms with Crippen LogP contribution in [0.25, 0.3) is 10.9 Å². The number of rotatable bonds is 7. The van der Waals surface area contributed by atoms with Gasteiger partial charge in [-0.05, 0) is 31.2 Å². The van der Waals surface area contributed by atoms with Crippen molar-refractivity contribution in [1.29, 1.82) is 0 Å². The summed E-state index contributed by atoms with van der Waals surface area (Å²) in [5.41, 5.74) is -0.00991. The number of ether oxygens (including phenoxy) is 2. The summed E-state index contributed by atoms with van der Waals surface area (Å²) in [5, 5.41) is 16.2. The number of hydrogen-bond acceptors (Lipinski definition) is 8. The normalized spacial score (nSPS) is 12.3. The van der Waals surface area contributed by atoms with Crippen LogP contribution in [0, 0.1) is 10.1 Å². The van der Waals surface area contributed by atoms with Crippen LogP contribution < -0.4 is 10.3 Å². The highest BCUT2D eigenvalue weighted by atomic mass is 79.9. The molecule has 0 aliphatic rings. The van der Waals surface area contributed by atoms with Gasteiger partial charge in [0.25, 0.3) is 5.56 Å². The predicted octanol–water partition coefficient (Wildman–Crippen LogP) is 4.01. The number of carbonyl (C=O) groups excluding carboxylic acids is 1. The van der Waals surface area contributed by atoms with Gasteiger partial charge in [0.2, 0.25) is 5.75 Å². The van der Waals surface area contributed by atoms with Crippen LogP contribution in [0.1, 0.15) is 38.1 Å². The minimum Gasteiger partial charge on any atom is -0.471 e. The molecule has 0 N–H and O–H groups in total. The molecule has 3 rings (SSSR count). The molecule has 3 aromatic rings. The quantitative estimate of drug-likeness (QED) is 0.201. The first-order chi connectivity index (χ1) is 15.6.